The van der Waals surface area contributed by atoms with Gasteiger partial charge in [-0.15, -0.1) is 0 Å². The molecule has 0 saturated heterocycles. The van der Waals surface area contributed by atoms with E-state index >= 15 is 0 Å². The minimum absolute atomic E-state index is 0.799. The number of halogens is 1. The highest BCUT2D eigenvalue weighted by atomic mass is 35.5. The number of aromatic nitrogens is 1. The van der Waals surface area contributed by atoms with Crippen molar-refractivity contribution in [2.75, 3.05) is 0 Å². The van der Waals surface area contributed by atoms with Crippen LogP contribution in [-0.4, -0.2) is 4.98 Å². The second-order valence-electron chi connectivity index (χ2n) is 3.03. The standard InChI is InChI=1S/C11H10ClN/c12-11-3-1-2-9(7-11)6-10-4-5-13-8-10/h1-5,7-8,13H,6H2. The van der Waals surface area contributed by atoms with Crippen LogP contribution in [0.25, 0.3) is 0 Å². The lowest BCUT2D eigenvalue weighted by Crippen LogP contribution is -1.84. The predicted octanol–water partition coefficient (Wildman–Crippen LogP) is 3.26. The van der Waals surface area contributed by atoms with Gasteiger partial charge in [0.2, 0.25) is 0 Å². The fourth-order valence-corrected chi connectivity index (χ4v) is 1.56. The Balaban J connectivity index is 2.19. The largest absolute Gasteiger partial charge is 0.367 e. The molecule has 1 N–H and O–H groups in total. The van der Waals surface area contributed by atoms with Crippen LogP contribution in [0.2, 0.25) is 5.02 Å². The second-order valence-corrected chi connectivity index (χ2v) is 3.46. The van der Waals surface area contributed by atoms with Crippen LogP contribution in [0.15, 0.2) is 42.7 Å². The van der Waals surface area contributed by atoms with E-state index in [1.807, 2.05) is 30.6 Å². The fraction of sp³-hybridized carbons (Fsp3) is 0.0909. The molecule has 0 unspecified atom stereocenters. The number of hydrogen-bond acceptors (Lipinski definition) is 0. The molecule has 0 aliphatic rings. The summed E-state index contributed by atoms with van der Waals surface area (Å²) in [6.45, 7) is 0. The van der Waals surface area contributed by atoms with E-state index in [2.05, 4.69) is 17.1 Å². The molecule has 1 heterocycles. The quantitative estimate of drug-likeness (QED) is 0.750. The molecule has 0 aliphatic carbocycles. The molecular weight excluding hydrogens is 182 g/mol. The van der Waals surface area contributed by atoms with Gasteiger partial charge in [-0.25, -0.2) is 0 Å². The van der Waals surface area contributed by atoms with Crippen molar-refractivity contribution in [2.24, 2.45) is 0 Å². The molecule has 0 atom stereocenters. The molecule has 0 amide bonds. The van der Waals surface area contributed by atoms with Gasteiger partial charge in [0.15, 0.2) is 0 Å². The van der Waals surface area contributed by atoms with Crippen LogP contribution in [0.4, 0.5) is 0 Å². The molecule has 0 radical (unpaired) electrons. The maximum atomic E-state index is 5.88. The predicted molar refractivity (Wildman–Crippen MR) is 55.1 cm³/mol. The summed E-state index contributed by atoms with van der Waals surface area (Å²) in [6.07, 6.45) is 4.87. The Bertz CT molecular complexity index is 379. The second kappa shape index (κ2) is 3.67. The van der Waals surface area contributed by atoms with Crippen LogP contribution in [0.5, 0.6) is 0 Å². The van der Waals surface area contributed by atoms with E-state index in [1.165, 1.54) is 11.1 Å². The summed E-state index contributed by atoms with van der Waals surface area (Å²) >= 11 is 5.88. The van der Waals surface area contributed by atoms with Gasteiger partial charge in [0.25, 0.3) is 0 Å². The van der Waals surface area contributed by atoms with E-state index in [9.17, 15) is 0 Å². The van der Waals surface area contributed by atoms with Crippen molar-refractivity contribution in [3.8, 4) is 0 Å². The van der Waals surface area contributed by atoms with Gasteiger partial charge in [-0.05, 0) is 35.7 Å². The summed E-state index contributed by atoms with van der Waals surface area (Å²) in [5, 5.41) is 0.799. The topological polar surface area (TPSA) is 15.8 Å². The van der Waals surface area contributed by atoms with Gasteiger partial charge in [0.1, 0.15) is 0 Å². The maximum absolute atomic E-state index is 5.88. The van der Waals surface area contributed by atoms with Crippen LogP contribution < -0.4 is 0 Å². The van der Waals surface area contributed by atoms with Gasteiger partial charge in [-0.3, -0.25) is 0 Å². The van der Waals surface area contributed by atoms with Gasteiger partial charge >= 0.3 is 0 Å². The summed E-state index contributed by atoms with van der Waals surface area (Å²) < 4.78 is 0. The van der Waals surface area contributed by atoms with Crippen LogP contribution in [0.1, 0.15) is 11.1 Å². The zero-order chi connectivity index (χ0) is 9.10. The maximum Gasteiger partial charge on any atom is 0.0408 e. The minimum atomic E-state index is 0.799. The molecule has 1 aromatic carbocycles. The minimum Gasteiger partial charge on any atom is -0.367 e. The molecule has 0 bridgehead atoms. The summed E-state index contributed by atoms with van der Waals surface area (Å²) in [5.41, 5.74) is 2.52. The molecule has 0 fully saturated rings. The van der Waals surface area contributed by atoms with E-state index in [0.29, 0.717) is 0 Å². The fourth-order valence-electron chi connectivity index (χ4n) is 1.35. The zero-order valence-corrected chi connectivity index (χ0v) is 7.88. The van der Waals surface area contributed by atoms with Gasteiger partial charge < -0.3 is 4.98 Å². The third-order valence-corrected chi connectivity index (χ3v) is 2.19. The smallest absolute Gasteiger partial charge is 0.0408 e. The molecule has 0 aliphatic heterocycles. The average Bonchev–Trinajstić information content (AvgIpc) is 2.57. The Kier molecular flexibility index (Phi) is 2.37. The first-order chi connectivity index (χ1) is 6.34. The van der Waals surface area contributed by atoms with Crippen molar-refractivity contribution in [3.05, 3.63) is 58.9 Å². The Morgan fingerprint density at radius 2 is 2.08 bits per heavy atom. The molecule has 13 heavy (non-hydrogen) atoms. The van der Waals surface area contributed by atoms with Crippen molar-refractivity contribution in [1.29, 1.82) is 0 Å². The third-order valence-electron chi connectivity index (χ3n) is 1.96. The Morgan fingerprint density at radius 1 is 1.15 bits per heavy atom. The van der Waals surface area contributed by atoms with Gasteiger partial charge in [-0.1, -0.05) is 23.7 Å². The average molecular weight is 192 g/mol. The van der Waals surface area contributed by atoms with Crippen LogP contribution in [0, 0.1) is 0 Å². The van der Waals surface area contributed by atoms with Crippen molar-refractivity contribution >= 4 is 11.6 Å². The van der Waals surface area contributed by atoms with E-state index in [-0.39, 0.29) is 0 Å². The normalized spacial score (nSPS) is 10.2. The first-order valence-electron chi connectivity index (χ1n) is 4.21. The van der Waals surface area contributed by atoms with Crippen LogP contribution >= 0.6 is 11.6 Å². The molecular formula is C11H10ClN. The molecule has 2 heteroatoms. The van der Waals surface area contributed by atoms with Gasteiger partial charge in [-0.2, -0.15) is 0 Å². The molecule has 2 aromatic rings. The third kappa shape index (κ3) is 2.13. The first kappa shape index (κ1) is 8.39. The molecule has 2 rings (SSSR count). The summed E-state index contributed by atoms with van der Waals surface area (Å²) in [4.78, 5) is 3.03. The SMILES string of the molecule is Clc1cccc(Cc2cc[nH]c2)c1. The molecule has 66 valence electrons. The number of nitrogens with one attached hydrogen (secondary N) is 1. The summed E-state index contributed by atoms with van der Waals surface area (Å²) in [6, 6.07) is 10.0. The molecule has 0 spiro atoms. The lowest BCUT2D eigenvalue weighted by molar-refractivity contribution is 1.20. The monoisotopic (exact) mass is 191 g/mol. The first-order valence-corrected chi connectivity index (χ1v) is 4.58. The Morgan fingerprint density at radius 3 is 2.77 bits per heavy atom. The highest BCUT2D eigenvalue weighted by Crippen LogP contribution is 2.14. The van der Waals surface area contributed by atoms with Crippen molar-refractivity contribution in [1.82, 2.24) is 4.98 Å². The van der Waals surface area contributed by atoms with Crippen LogP contribution in [0.3, 0.4) is 0 Å². The van der Waals surface area contributed by atoms with Crippen molar-refractivity contribution in [3.63, 3.8) is 0 Å². The highest BCUT2D eigenvalue weighted by Gasteiger charge is 1.96. The number of H-pyrrole nitrogens is 1. The summed E-state index contributed by atoms with van der Waals surface area (Å²) in [7, 11) is 0. The molecule has 0 saturated carbocycles. The lowest BCUT2D eigenvalue weighted by atomic mass is 10.1. The van der Waals surface area contributed by atoms with Gasteiger partial charge in [0.05, 0.1) is 0 Å². The number of aromatic amines is 1. The Labute approximate surface area is 82.4 Å². The molecule has 1 nitrogen and oxygen atoms in total. The van der Waals surface area contributed by atoms with Gasteiger partial charge in [0, 0.05) is 17.4 Å². The van der Waals surface area contributed by atoms with Crippen molar-refractivity contribution in [2.45, 2.75) is 6.42 Å². The Hall–Kier alpha value is -1.21. The van der Waals surface area contributed by atoms with E-state index in [1.54, 1.807) is 0 Å². The van der Waals surface area contributed by atoms with E-state index < -0.39 is 0 Å². The van der Waals surface area contributed by atoms with Crippen molar-refractivity contribution < 1.29 is 0 Å². The number of hydrogen-bond donors (Lipinski definition) is 1. The number of rotatable bonds is 2. The molecule has 1 aromatic heterocycles. The number of benzene rings is 1. The zero-order valence-electron chi connectivity index (χ0n) is 7.13. The van der Waals surface area contributed by atoms with Crippen LogP contribution in [-0.2, 0) is 6.42 Å². The summed E-state index contributed by atoms with van der Waals surface area (Å²) in [5.74, 6) is 0. The van der Waals surface area contributed by atoms with E-state index in [4.69, 9.17) is 11.6 Å². The highest BCUT2D eigenvalue weighted by molar-refractivity contribution is 6.30. The lowest BCUT2D eigenvalue weighted by Gasteiger charge is -1.98. The van der Waals surface area contributed by atoms with E-state index in [0.717, 1.165) is 11.4 Å².